The van der Waals surface area contributed by atoms with Crippen LogP contribution in [0, 0.1) is 5.41 Å². The number of nitrogens with one attached hydrogen (secondary N) is 4. The van der Waals surface area contributed by atoms with Gasteiger partial charge in [-0.05, 0) is 0 Å². The summed E-state index contributed by atoms with van der Waals surface area (Å²) in [5.74, 6) is 0.348. The van der Waals surface area contributed by atoms with Crippen LogP contribution in [-0.2, 0) is 27.7 Å². The molecule has 0 radical (unpaired) electrons. The highest BCUT2D eigenvalue weighted by Gasteiger charge is 2.48. The molecule has 0 saturated carbocycles. The number of amidine groups is 1. The van der Waals surface area contributed by atoms with E-state index in [0.717, 1.165) is 6.34 Å². The first-order valence-corrected chi connectivity index (χ1v) is 14.9. The standard InChI is InChI=1S/C16H27N9O7P2S/c17-4-19-16-13(26)11-9(32-16)3-30-34(28,35)24-7-1-10(31-8(7)2-29-33(27)23-11)25-6-22-12-14(18)20-5-21-15(12)25/h4-13,15-16,26,33H,1-3H2,(H2,17,19)(H,23,27)(H2,18,20,21)(H2,24,28,35)/t7-,8+,9+,10+,11+,12?,13+,15?,16+,34?/m0/s1. The first-order chi connectivity index (χ1) is 16.8. The second-order valence-corrected chi connectivity index (χ2v) is 12.8. The molecule has 5 aliphatic rings. The molecule has 0 aromatic carbocycles. The van der Waals surface area contributed by atoms with E-state index in [-0.39, 0.29) is 13.2 Å². The minimum atomic E-state index is -3.66. The van der Waals surface area contributed by atoms with Crippen LogP contribution >= 0.6 is 27.1 Å². The third-order valence-electron chi connectivity index (χ3n) is 6.30. The van der Waals surface area contributed by atoms with Gasteiger partial charge in [0.25, 0.3) is 8.18 Å². The summed E-state index contributed by atoms with van der Waals surface area (Å²) in [4.78, 5) is 14.5. The second kappa shape index (κ2) is 10.2. The molecule has 5 rings (SSSR count). The van der Waals surface area contributed by atoms with Crippen LogP contribution in [0.2, 0.25) is 0 Å². The zero-order valence-electron chi connectivity index (χ0n) is 18.2. The summed E-state index contributed by atoms with van der Waals surface area (Å²) in [5, 5.41) is 25.9. The molecule has 16 nitrogen and oxygen atoms in total. The second-order valence-electron chi connectivity index (χ2n) is 8.47. The minimum absolute atomic E-state index is 0.102. The number of nitrogens with two attached hydrogens (primary N) is 1. The summed E-state index contributed by atoms with van der Waals surface area (Å²) in [6, 6.07) is -1.81. The van der Waals surface area contributed by atoms with Gasteiger partial charge in [0.1, 0.15) is 36.7 Å². The van der Waals surface area contributed by atoms with E-state index in [1.165, 1.54) is 6.34 Å². The highest BCUT2D eigenvalue weighted by molar-refractivity contribution is 8.45. The van der Waals surface area contributed by atoms with Crippen molar-refractivity contribution in [3.05, 3.63) is 0 Å². The van der Waals surface area contributed by atoms with Crippen LogP contribution in [0.5, 0.6) is 0 Å². The van der Waals surface area contributed by atoms with E-state index < -0.39 is 70.0 Å². The number of aliphatic hydroxyl groups is 1. The van der Waals surface area contributed by atoms with Gasteiger partial charge < -0.3 is 39.6 Å². The Hall–Kier alpha value is -1.39. The van der Waals surface area contributed by atoms with Crippen LogP contribution in [0.3, 0.4) is 0 Å². The fourth-order valence-electron chi connectivity index (χ4n) is 4.60. The maximum atomic E-state index is 13.1. The van der Waals surface area contributed by atoms with Gasteiger partial charge in [-0.2, -0.15) is 0 Å². The maximum absolute atomic E-state index is 13.1. The first kappa shape index (κ1) is 25.3. The number of thiol groups is 1. The average Bonchev–Trinajstić information content (AvgIpc) is 3.48. The Labute approximate surface area is 206 Å². The van der Waals surface area contributed by atoms with Crippen LogP contribution < -0.4 is 21.2 Å². The molecule has 0 amide bonds. The third kappa shape index (κ3) is 5.21. The van der Waals surface area contributed by atoms with E-state index in [9.17, 15) is 14.2 Å². The molecule has 19 heteroatoms. The fraction of sp³-hybridized carbons (Fsp3) is 0.750. The number of fused-ring (bicyclic) bond motifs is 3. The Kier molecular flexibility index (Phi) is 7.34. The lowest BCUT2D eigenvalue weighted by molar-refractivity contribution is -0.0469. The Morgan fingerprint density at radius 2 is 2.20 bits per heavy atom. The number of hydrogen-bond acceptors (Lipinski definition) is 13. The Balaban J connectivity index is 1.30. The minimum Gasteiger partial charge on any atom is -0.387 e. The lowest BCUT2D eigenvalue weighted by Crippen LogP contribution is -2.47. The zero-order chi connectivity index (χ0) is 24.7. The summed E-state index contributed by atoms with van der Waals surface area (Å²) in [6.45, 7) is -3.99. The number of hydrogen-bond donors (Lipinski definition) is 7. The van der Waals surface area contributed by atoms with Crippen molar-refractivity contribution < 1.29 is 32.8 Å². The lowest BCUT2D eigenvalue weighted by atomic mass is 10.1. The van der Waals surface area contributed by atoms with E-state index in [0.29, 0.717) is 12.3 Å². The highest BCUT2D eigenvalue weighted by atomic mass is 32.7. The van der Waals surface area contributed by atoms with Crippen molar-refractivity contribution in [2.45, 2.75) is 61.5 Å². The third-order valence-corrected chi connectivity index (χ3v) is 9.15. The zero-order valence-corrected chi connectivity index (χ0v) is 21.0. The first-order valence-electron chi connectivity index (χ1n) is 10.8. The van der Waals surface area contributed by atoms with Crippen molar-refractivity contribution in [2.24, 2.45) is 20.7 Å². The van der Waals surface area contributed by atoms with E-state index in [1.54, 1.807) is 11.2 Å². The van der Waals surface area contributed by atoms with E-state index in [1.807, 2.05) is 0 Å². The van der Waals surface area contributed by atoms with Gasteiger partial charge in [-0.3, -0.25) is 19.5 Å². The van der Waals surface area contributed by atoms with E-state index in [4.69, 9.17) is 29.7 Å². The summed E-state index contributed by atoms with van der Waals surface area (Å²) < 4.78 is 48.7. The maximum Gasteiger partial charge on any atom is 0.323 e. The molecule has 0 spiro atoms. The van der Waals surface area contributed by atoms with Crippen molar-refractivity contribution in [3.8, 4) is 0 Å². The fourth-order valence-corrected chi connectivity index (χ4v) is 7.39. The molecule has 0 aromatic heterocycles. The molecule has 5 heterocycles. The van der Waals surface area contributed by atoms with Crippen LogP contribution in [0.1, 0.15) is 6.42 Å². The summed E-state index contributed by atoms with van der Waals surface area (Å²) >= 11 is 4.21. The molecular formula is C16H27N9O7P2S. The van der Waals surface area contributed by atoms with Gasteiger partial charge in [0.05, 0.1) is 38.0 Å². The van der Waals surface area contributed by atoms with Gasteiger partial charge in [-0.25, -0.2) is 20.2 Å². The van der Waals surface area contributed by atoms with Crippen LogP contribution in [0.4, 0.5) is 0 Å². The number of ether oxygens (including phenoxy) is 2. The van der Waals surface area contributed by atoms with E-state index >= 15 is 0 Å². The van der Waals surface area contributed by atoms with Crippen molar-refractivity contribution in [1.82, 2.24) is 20.4 Å². The largest absolute Gasteiger partial charge is 0.387 e. The summed E-state index contributed by atoms with van der Waals surface area (Å²) in [7, 11) is -2.84. The number of aliphatic hydroxyl groups excluding tert-OH is 1. The molecule has 194 valence electrons. The molecule has 0 bridgehead atoms. The predicted octanol–water partition coefficient (Wildman–Crippen LogP) is -1.79. The predicted molar refractivity (Wildman–Crippen MR) is 129 cm³/mol. The molecule has 0 aromatic rings. The molecule has 35 heavy (non-hydrogen) atoms. The Bertz CT molecular complexity index is 1000. The molecule has 3 fully saturated rings. The van der Waals surface area contributed by atoms with E-state index in [2.05, 4.69) is 42.7 Å². The average molecular weight is 551 g/mol. The van der Waals surface area contributed by atoms with Crippen LogP contribution in [0.15, 0.2) is 15.0 Å². The molecule has 4 unspecified atom stereocenters. The smallest absolute Gasteiger partial charge is 0.323 e. The summed E-state index contributed by atoms with van der Waals surface area (Å²) in [6.07, 6.45) is -0.346. The quantitative estimate of drug-likeness (QED) is 0.0896. The molecule has 0 aliphatic carbocycles. The van der Waals surface area contributed by atoms with Crippen molar-refractivity contribution >= 4 is 52.0 Å². The van der Waals surface area contributed by atoms with Crippen LogP contribution in [-0.4, -0.2) is 103 Å². The Morgan fingerprint density at radius 3 is 3.00 bits per heavy atom. The van der Waals surface area contributed by atoms with Crippen LogP contribution in [0.25, 0.3) is 0 Å². The van der Waals surface area contributed by atoms with Gasteiger partial charge in [0, 0.05) is 12.5 Å². The number of nitrogens with zero attached hydrogens (tertiary/aromatic N) is 4. The van der Waals surface area contributed by atoms with Crippen molar-refractivity contribution in [2.75, 3.05) is 13.2 Å². The van der Waals surface area contributed by atoms with Gasteiger partial charge >= 0.3 is 6.72 Å². The highest BCUT2D eigenvalue weighted by Crippen LogP contribution is 2.50. The molecular weight excluding hydrogens is 524 g/mol. The Morgan fingerprint density at radius 1 is 1.37 bits per heavy atom. The monoisotopic (exact) mass is 551 g/mol. The van der Waals surface area contributed by atoms with Gasteiger partial charge in [-0.15, -0.1) is 0 Å². The topological polar surface area (TPSA) is 218 Å². The molecule has 5 aliphatic heterocycles. The van der Waals surface area contributed by atoms with Gasteiger partial charge in [0.15, 0.2) is 12.4 Å². The number of aliphatic imine (C=N–C) groups is 3. The SMILES string of the molecule is N=CN[C@@H]1O[C@@H]2COP(=O)(S)N[C@H]3C[C@H](N4C=NC5C(N)=NC=NC54)O[C@@H]3CO[PH](=O)N[C@H]2[C@H]1O. The molecule has 11 atom stereocenters. The van der Waals surface area contributed by atoms with Crippen molar-refractivity contribution in [3.63, 3.8) is 0 Å². The number of rotatable bonds is 3. The molecule has 3 saturated heterocycles. The lowest BCUT2D eigenvalue weighted by Gasteiger charge is -2.30. The van der Waals surface area contributed by atoms with Gasteiger partial charge in [-0.1, -0.05) is 12.2 Å². The normalized spacial score (nSPS) is 47.7. The van der Waals surface area contributed by atoms with Crippen molar-refractivity contribution in [1.29, 1.82) is 5.41 Å². The molecule has 7 N–H and O–H groups in total. The summed E-state index contributed by atoms with van der Waals surface area (Å²) in [5.41, 5.74) is 5.93. The van der Waals surface area contributed by atoms with Gasteiger partial charge in [0.2, 0.25) is 0 Å².